The van der Waals surface area contributed by atoms with Crippen molar-refractivity contribution in [3.63, 3.8) is 0 Å². The molecule has 0 aromatic rings. The number of rotatable bonds is 0. The number of hydrogen-bond acceptors (Lipinski definition) is 5. The van der Waals surface area contributed by atoms with Crippen molar-refractivity contribution in [3.05, 3.63) is 10.1 Å². The van der Waals surface area contributed by atoms with E-state index in [9.17, 15) is 0 Å². The van der Waals surface area contributed by atoms with Gasteiger partial charge in [0, 0.05) is 10.8 Å². The second-order valence-electron chi connectivity index (χ2n) is 0.0745. The van der Waals surface area contributed by atoms with E-state index >= 15 is 0 Å². The molecule has 0 atom stereocenters. The zero-order chi connectivity index (χ0) is 4.71. The van der Waals surface area contributed by atoms with Gasteiger partial charge in [0.15, 0.2) is 0 Å². The van der Waals surface area contributed by atoms with Crippen LogP contribution in [-0.4, -0.2) is 0 Å². The topological polar surface area (TPSA) is 100 Å². The zero-order valence-corrected chi connectivity index (χ0v) is 5.16. The van der Waals surface area contributed by atoms with Crippen LogP contribution in [0.4, 0.5) is 0 Å². The molecule has 6 heavy (non-hydrogen) atoms. The molecule has 0 saturated carbocycles. The average molecular weight is 97.0 g/mol. The SMILES string of the molecule is N#N.O=N[O-].[Na+]. The van der Waals surface area contributed by atoms with Crippen molar-refractivity contribution in [1.29, 1.82) is 10.8 Å². The Hall–Kier alpha value is -0.180. The maximum atomic E-state index is 8.00. The van der Waals surface area contributed by atoms with Crippen LogP contribution in [0.5, 0.6) is 0 Å². The molecule has 6 heteroatoms. The molecule has 0 unspecified atom stereocenters. The van der Waals surface area contributed by atoms with E-state index in [1.165, 1.54) is 0 Å². The summed E-state index contributed by atoms with van der Waals surface area (Å²) in [5.74, 6) is 0. The first-order chi connectivity index (χ1) is 2.41. The second kappa shape index (κ2) is 105. The Bertz CT molecular complexity index is 33.0. The van der Waals surface area contributed by atoms with Crippen molar-refractivity contribution in [1.82, 2.24) is 0 Å². The summed E-state index contributed by atoms with van der Waals surface area (Å²) >= 11 is 0. The molecular formula is N3NaO2. The quantitative estimate of drug-likeness (QED) is 0.142. The standard InChI is InChI=1S/N2.HNO2.Na/c1-2;2-1-3;/h;(H,2,3);/q;;+1/p-1. The minimum atomic E-state index is 0. The van der Waals surface area contributed by atoms with E-state index in [4.69, 9.17) is 20.9 Å². The van der Waals surface area contributed by atoms with Gasteiger partial charge in [-0.1, -0.05) is 0 Å². The molecule has 5 nitrogen and oxygen atoms in total. The van der Waals surface area contributed by atoms with Gasteiger partial charge in [-0.2, -0.15) is 0 Å². The minimum absolute atomic E-state index is 0. The fourth-order valence-electron chi connectivity index (χ4n) is 0. The molecule has 0 saturated heterocycles. The van der Waals surface area contributed by atoms with Crippen LogP contribution in [0.1, 0.15) is 0 Å². The molecule has 0 heterocycles. The van der Waals surface area contributed by atoms with Gasteiger partial charge < -0.3 is 10.1 Å². The normalized spacial score (nSPS) is 2.33. The predicted molar refractivity (Wildman–Crippen MR) is 12.6 cm³/mol. The van der Waals surface area contributed by atoms with Gasteiger partial charge in [0.2, 0.25) is 0 Å². The van der Waals surface area contributed by atoms with E-state index in [0.29, 0.717) is 0 Å². The Balaban J connectivity index is -0.0000000275. The van der Waals surface area contributed by atoms with Crippen LogP contribution in [0, 0.1) is 20.9 Å². The molecule has 0 aromatic heterocycles. The first-order valence-electron chi connectivity index (χ1n) is 0.565. The Morgan fingerprint density at radius 3 is 1.50 bits per heavy atom. The zero-order valence-electron chi connectivity index (χ0n) is 3.16. The summed E-state index contributed by atoms with van der Waals surface area (Å²) in [4.78, 5) is 8.00. The van der Waals surface area contributed by atoms with Crippen LogP contribution >= 0.6 is 0 Å². The van der Waals surface area contributed by atoms with Crippen molar-refractivity contribution >= 4 is 0 Å². The van der Waals surface area contributed by atoms with Crippen LogP contribution in [0.15, 0.2) is 5.34 Å². The molecule has 0 radical (unpaired) electrons. The van der Waals surface area contributed by atoms with Gasteiger partial charge in [-0.05, 0) is 0 Å². The summed E-state index contributed by atoms with van der Waals surface area (Å²) in [6.45, 7) is 0. The molecule has 0 aromatic carbocycles. The van der Waals surface area contributed by atoms with Gasteiger partial charge in [0.1, 0.15) is 0 Å². The summed E-state index contributed by atoms with van der Waals surface area (Å²) in [5, 5.41) is 21.0. The van der Waals surface area contributed by atoms with Gasteiger partial charge in [0.05, 0.1) is 0 Å². The van der Waals surface area contributed by atoms with E-state index < -0.39 is 0 Å². The molecule has 0 spiro atoms. The molecule has 0 aliphatic carbocycles. The predicted octanol–water partition coefficient (Wildman–Crippen LogP) is -2.72. The molecule has 0 N–H and O–H groups in total. The first kappa shape index (κ1) is 17.0. The van der Waals surface area contributed by atoms with Crippen LogP contribution < -0.4 is 29.6 Å². The second-order valence-corrected chi connectivity index (χ2v) is 0.0745. The van der Waals surface area contributed by atoms with Crippen LogP contribution in [0.3, 0.4) is 0 Å². The first-order valence-corrected chi connectivity index (χ1v) is 0.565. The van der Waals surface area contributed by atoms with Gasteiger partial charge in [-0.3, -0.25) is 0 Å². The largest absolute Gasteiger partial charge is 1.00 e. The van der Waals surface area contributed by atoms with Crippen LogP contribution in [-0.2, 0) is 0 Å². The molecule has 0 aliphatic rings. The molecular weight excluding hydrogens is 97.0 g/mol. The van der Waals surface area contributed by atoms with Crippen molar-refractivity contribution < 1.29 is 29.6 Å². The van der Waals surface area contributed by atoms with Crippen molar-refractivity contribution in [2.75, 3.05) is 0 Å². The maximum Gasteiger partial charge on any atom is 1.00 e. The summed E-state index contributed by atoms with van der Waals surface area (Å²) in [6.07, 6.45) is 0. The molecule has 0 fully saturated rings. The Morgan fingerprint density at radius 2 is 1.50 bits per heavy atom. The van der Waals surface area contributed by atoms with Gasteiger partial charge in [-0.15, -0.1) is 5.34 Å². The maximum absolute atomic E-state index is 8.00. The van der Waals surface area contributed by atoms with E-state index in [0.717, 1.165) is 5.34 Å². The third-order valence-corrected chi connectivity index (χ3v) is 0. The van der Waals surface area contributed by atoms with Gasteiger partial charge in [-0.25, -0.2) is 0 Å². The molecule has 0 amide bonds. The van der Waals surface area contributed by atoms with Crippen LogP contribution in [0.25, 0.3) is 0 Å². The Morgan fingerprint density at radius 1 is 1.50 bits per heavy atom. The third-order valence-electron chi connectivity index (χ3n) is 0. The van der Waals surface area contributed by atoms with Crippen molar-refractivity contribution in [3.8, 4) is 0 Å². The van der Waals surface area contributed by atoms with Gasteiger partial charge in [0.25, 0.3) is 0 Å². The Kier molecular flexibility index (Phi) is 296. The average Bonchev–Trinajstić information content (AvgIpc) is 1.46. The monoisotopic (exact) mass is 97.0 g/mol. The minimum Gasteiger partial charge on any atom is -0.444 e. The summed E-state index contributed by atoms with van der Waals surface area (Å²) in [6, 6.07) is 0. The molecule has 0 aliphatic heterocycles. The summed E-state index contributed by atoms with van der Waals surface area (Å²) in [5.41, 5.74) is 0. The van der Waals surface area contributed by atoms with Crippen molar-refractivity contribution in [2.24, 2.45) is 5.34 Å². The van der Waals surface area contributed by atoms with E-state index in [1.807, 2.05) is 0 Å². The molecule has 0 bridgehead atoms. The fraction of sp³-hybridized carbons (Fsp3) is 0. The fourth-order valence-corrected chi connectivity index (χ4v) is 0. The molecule has 28 valence electrons. The number of nitrogens with zero attached hydrogens (tertiary/aromatic N) is 3. The van der Waals surface area contributed by atoms with E-state index in [-0.39, 0.29) is 29.6 Å². The summed E-state index contributed by atoms with van der Waals surface area (Å²) < 4.78 is 0. The smallest absolute Gasteiger partial charge is 0.444 e. The van der Waals surface area contributed by atoms with Gasteiger partial charge >= 0.3 is 29.6 Å². The third kappa shape index (κ3) is 938. The van der Waals surface area contributed by atoms with E-state index in [1.54, 1.807) is 0 Å². The Labute approximate surface area is 56.0 Å². The van der Waals surface area contributed by atoms with Crippen molar-refractivity contribution in [2.45, 2.75) is 0 Å². The van der Waals surface area contributed by atoms with E-state index in [2.05, 4.69) is 0 Å². The summed E-state index contributed by atoms with van der Waals surface area (Å²) in [7, 11) is 0. The number of hydrogen-bond donors (Lipinski definition) is 0. The molecule has 0 rings (SSSR count). The van der Waals surface area contributed by atoms with Crippen LogP contribution in [0.2, 0.25) is 0 Å².